The van der Waals surface area contributed by atoms with Crippen LogP contribution in [-0.2, 0) is 42.7 Å². The first kappa shape index (κ1) is 46.8. The van der Waals surface area contributed by atoms with Crippen molar-refractivity contribution < 1.29 is 25.8 Å². The number of nitrogens with zero attached hydrogens (tertiary/aromatic N) is 5. The van der Waals surface area contributed by atoms with Crippen LogP contribution in [-0.4, -0.2) is 14.5 Å². The van der Waals surface area contributed by atoms with Crippen LogP contribution in [0.25, 0.3) is 38.8 Å². The van der Waals surface area contributed by atoms with Gasteiger partial charge in [-0.1, -0.05) is 119 Å². The molecule has 3 aromatic heterocycles. The first-order valence-electron chi connectivity index (χ1n) is 22.9. The van der Waals surface area contributed by atoms with Crippen LogP contribution in [0.1, 0.15) is 116 Å². The van der Waals surface area contributed by atoms with Crippen LogP contribution in [0.4, 0.5) is 22.9 Å². The normalized spacial score (nSPS) is 13.4. The van der Waals surface area contributed by atoms with Gasteiger partial charge < -0.3 is 19.1 Å². The van der Waals surface area contributed by atoms with Gasteiger partial charge in [0.1, 0.15) is 11.6 Å². The molecule has 1 aliphatic rings. The number of rotatable bonds is 6. The number of ether oxygens (including phenoxy) is 1. The molecule has 0 bridgehead atoms. The molecule has 0 amide bonds. The average molecular weight is 1050 g/mol. The molecule has 5 aromatic carbocycles. The number of benzene rings is 5. The molecule has 8 aromatic rings. The molecule has 0 spiro atoms. The molecule has 0 N–H and O–H groups in total. The number of para-hydroxylation sites is 1. The Kier molecular flexibility index (Phi) is 12.0. The smallest absolute Gasteiger partial charge is 0.135 e. The van der Waals surface area contributed by atoms with Crippen molar-refractivity contribution in [2.24, 2.45) is 0 Å². The van der Waals surface area contributed by atoms with Gasteiger partial charge in [-0.2, -0.15) is 12.1 Å². The van der Waals surface area contributed by atoms with E-state index < -0.39 is 0 Å². The molecule has 1 aliphatic heterocycles. The Morgan fingerprint density at radius 2 is 1.21 bits per heavy atom. The van der Waals surface area contributed by atoms with Crippen molar-refractivity contribution in [1.82, 2.24) is 14.5 Å². The predicted octanol–water partition coefficient (Wildman–Crippen LogP) is 15.8. The second kappa shape index (κ2) is 16.9. The molecular weight excluding hydrogens is 990 g/mol. The summed E-state index contributed by atoms with van der Waals surface area (Å²) in [5, 5.41) is 2.23. The van der Waals surface area contributed by atoms with Crippen LogP contribution in [0.3, 0.4) is 0 Å². The summed E-state index contributed by atoms with van der Waals surface area (Å²) in [6, 6.07) is 43.9. The Morgan fingerprint density at radius 1 is 0.561 bits per heavy atom. The third kappa shape index (κ3) is 8.58. The topological polar surface area (TPSA) is 46.4 Å². The maximum absolute atomic E-state index is 6.66. The molecule has 66 heavy (non-hydrogen) atoms. The van der Waals surface area contributed by atoms with Gasteiger partial charge >= 0.3 is 0 Å². The third-order valence-electron chi connectivity index (χ3n) is 12.8. The number of hydrogen-bond donors (Lipinski definition) is 0. The number of hydrogen-bond acceptors (Lipinski definition) is 5. The number of anilines is 4. The predicted molar refractivity (Wildman–Crippen MR) is 272 cm³/mol. The second-order valence-corrected chi connectivity index (χ2v) is 21.9. The average Bonchev–Trinajstić information content (AvgIpc) is 3.78. The van der Waals surface area contributed by atoms with Gasteiger partial charge in [0.15, 0.2) is 0 Å². The van der Waals surface area contributed by atoms with Gasteiger partial charge in [-0.25, -0.2) is 9.97 Å². The summed E-state index contributed by atoms with van der Waals surface area (Å²) in [6.07, 6.45) is 3.79. The minimum Gasteiger partial charge on any atom is -0.509 e. The Morgan fingerprint density at radius 3 is 1.86 bits per heavy atom. The first-order valence-corrected chi connectivity index (χ1v) is 22.9. The summed E-state index contributed by atoms with van der Waals surface area (Å²) in [6.45, 7) is 34.2. The Balaban J connectivity index is 0.00000592. The van der Waals surface area contributed by atoms with E-state index in [0.717, 1.165) is 50.5 Å². The SMILES string of the molecule is Cc1cc(C(C)(C)C)cc(C)c1-c1cc(C(C)(C)C)c(N2[CH-]N(c3[c-]c(Oc4[c-]c5c(cc4)c4ccccc4n5-c4cc(C(C)(C)C)ccn4)ccc3)c3cccnc32)c(C(C)(C)C)c1.[Pt]. The first-order chi connectivity index (χ1) is 30.6. The van der Waals surface area contributed by atoms with Gasteiger partial charge in [0, 0.05) is 56.2 Å². The molecule has 9 rings (SSSR count). The summed E-state index contributed by atoms with van der Waals surface area (Å²) < 4.78 is 8.86. The summed E-state index contributed by atoms with van der Waals surface area (Å²) in [5.74, 6) is 2.91. The molecule has 0 aliphatic carbocycles. The molecule has 0 fully saturated rings. The van der Waals surface area contributed by atoms with Gasteiger partial charge in [0.25, 0.3) is 0 Å². The van der Waals surface area contributed by atoms with Crippen molar-refractivity contribution in [2.75, 3.05) is 9.80 Å². The van der Waals surface area contributed by atoms with Gasteiger partial charge in [0.2, 0.25) is 0 Å². The van der Waals surface area contributed by atoms with Crippen LogP contribution in [0.2, 0.25) is 0 Å². The molecule has 7 heteroatoms. The van der Waals surface area contributed by atoms with E-state index in [1.165, 1.54) is 44.5 Å². The van der Waals surface area contributed by atoms with Crippen molar-refractivity contribution in [3.05, 3.63) is 168 Å². The van der Waals surface area contributed by atoms with Crippen LogP contribution in [0, 0.1) is 32.6 Å². The van der Waals surface area contributed by atoms with Crippen LogP contribution < -0.4 is 14.5 Å². The number of aryl methyl sites for hydroxylation is 2. The molecule has 342 valence electrons. The summed E-state index contributed by atoms with van der Waals surface area (Å²) in [7, 11) is 0. The van der Waals surface area contributed by atoms with E-state index in [4.69, 9.17) is 14.7 Å². The van der Waals surface area contributed by atoms with E-state index in [1.807, 2.05) is 36.7 Å². The van der Waals surface area contributed by atoms with Crippen molar-refractivity contribution >= 4 is 44.7 Å². The van der Waals surface area contributed by atoms with Crippen molar-refractivity contribution in [3.63, 3.8) is 0 Å². The van der Waals surface area contributed by atoms with Gasteiger partial charge in [0.05, 0.1) is 5.69 Å². The Hall–Kier alpha value is -5.71. The summed E-state index contributed by atoms with van der Waals surface area (Å²) in [4.78, 5) is 14.4. The van der Waals surface area contributed by atoms with E-state index in [0.29, 0.717) is 11.5 Å². The summed E-state index contributed by atoms with van der Waals surface area (Å²) >= 11 is 0. The molecule has 0 radical (unpaired) electrons. The maximum atomic E-state index is 6.66. The van der Waals surface area contributed by atoms with E-state index in [9.17, 15) is 0 Å². The van der Waals surface area contributed by atoms with Gasteiger partial charge in [-0.05, 0) is 128 Å². The quantitative estimate of drug-likeness (QED) is 0.155. The fourth-order valence-corrected chi connectivity index (χ4v) is 9.32. The third-order valence-corrected chi connectivity index (χ3v) is 12.8. The number of fused-ring (bicyclic) bond motifs is 4. The van der Waals surface area contributed by atoms with Crippen molar-refractivity contribution in [1.29, 1.82) is 0 Å². The van der Waals surface area contributed by atoms with Crippen LogP contribution >= 0.6 is 0 Å². The zero-order valence-corrected chi connectivity index (χ0v) is 43.3. The van der Waals surface area contributed by atoms with E-state index in [-0.39, 0.29) is 42.7 Å². The fraction of sp³-hybridized carbons (Fsp3) is 0.305. The van der Waals surface area contributed by atoms with E-state index in [2.05, 4.69) is 209 Å². The van der Waals surface area contributed by atoms with E-state index >= 15 is 0 Å². The van der Waals surface area contributed by atoms with E-state index in [1.54, 1.807) is 0 Å². The minimum atomic E-state index is -0.191. The largest absolute Gasteiger partial charge is 0.509 e. The molecule has 6 nitrogen and oxygen atoms in total. The minimum absolute atomic E-state index is 0. The standard InChI is InChI=1S/C59H62N5O.Pt/c1-37-29-41(57(6,7)8)30-38(2)53(37)39-31-47(58(9,10)11)54(48(32-39)59(12,13)14)63-36-62(50-23-18-27-61-55(50)63)42-19-17-20-43(34-42)65-44-24-25-46-45-21-15-16-22-49(45)64(51(46)35-44)52-33-40(26-28-60-52)56(3,4)5;/h15-33,36H,1-14H3;/q-3;. The number of pyridine rings is 2. The zero-order valence-electron chi connectivity index (χ0n) is 41.0. The maximum Gasteiger partial charge on any atom is 0.135 e. The molecule has 0 atom stereocenters. The van der Waals surface area contributed by atoms with Crippen molar-refractivity contribution in [3.8, 4) is 28.4 Å². The zero-order chi connectivity index (χ0) is 46.4. The second-order valence-electron chi connectivity index (χ2n) is 21.9. The van der Waals surface area contributed by atoms with Crippen LogP contribution in [0.15, 0.2) is 116 Å². The summed E-state index contributed by atoms with van der Waals surface area (Å²) in [5.41, 5.74) is 14.9. The Labute approximate surface area is 407 Å². The number of aromatic nitrogens is 3. The Bertz CT molecular complexity index is 3080. The van der Waals surface area contributed by atoms with Gasteiger partial charge in [-0.3, -0.25) is 0 Å². The van der Waals surface area contributed by atoms with Gasteiger partial charge in [-0.15, -0.1) is 48.1 Å². The molecular formula is C59H62N5OPt-3. The van der Waals surface area contributed by atoms with Crippen molar-refractivity contribution in [2.45, 2.75) is 119 Å². The molecule has 4 heterocycles. The van der Waals surface area contributed by atoms with Crippen LogP contribution in [0.5, 0.6) is 11.5 Å². The molecule has 0 unspecified atom stereocenters. The molecule has 0 saturated carbocycles. The monoisotopic (exact) mass is 1050 g/mol. The molecule has 0 saturated heterocycles. The fourth-order valence-electron chi connectivity index (χ4n) is 9.32.